The fourth-order valence-electron chi connectivity index (χ4n) is 3.33. The maximum absolute atomic E-state index is 12.5. The van der Waals surface area contributed by atoms with Crippen molar-refractivity contribution in [1.29, 1.82) is 0 Å². The minimum absolute atomic E-state index is 0.0625. The number of hydrogen-bond donors (Lipinski definition) is 1. The molecule has 1 N–H and O–H groups in total. The van der Waals surface area contributed by atoms with Crippen molar-refractivity contribution in [3.8, 4) is 0 Å². The third kappa shape index (κ3) is 1.73. The average Bonchev–Trinajstić information content (AvgIpc) is 2.76. The van der Waals surface area contributed by atoms with E-state index in [1.807, 2.05) is 4.90 Å². The largest absolute Gasteiger partial charge is 0.436 e. The predicted molar refractivity (Wildman–Crippen MR) is 64.2 cm³/mol. The Labute approximate surface area is 106 Å². The lowest BCUT2D eigenvalue weighted by molar-refractivity contribution is 0.0263. The molecule has 3 heterocycles. The molecule has 1 aromatic rings. The van der Waals surface area contributed by atoms with Crippen LogP contribution in [0.5, 0.6) is 0 Å². The van der Waals surface area contributed by atoms with E-state index in [9.17, 15) is 9.90 Å². The molecular weight excluding hydrogens is 232 g/mol. The van der Waals surface area contributed by atoms with Crippen LogP contribution in [0, 0.1) is 13.8 Å². The maximum Gasteiger partial charge on any atom is 0.292 e. The molecule has 98 valence electrons. The number of hydrogen-bond acceptors (Lipinski definition) is 4. The number of aryl methyl sites for hydroxylation is 2. The Morgan fingerprint density at radius 3 is 2.44 bits per heavy atom. The van der Waals surface area contributed by atoms with Crippen LogP contribution in [-0.4, -0.2) is 39.1 Å². The topological polar surface area (TPSA) is 66.6 Å². The molecule has 18 heavy (non-hydrogen) atoms. The third-order valence-electron chi connectivity index (χ3n) is 4.04. The van der Waals surface area contributed by atoms with Gasteiger partial charge in [-0.25, -0.2) is 4.98 Å². The van der Waals surface area contributed by atoms with Gasteiger partial charge in [0.25, 0.3) is 5.91 Å². The van der Waals surface area contributed by atoms with Gasteiger partial charge in [0.2, 0.25) is 5.76 Å². The molecule has 2 unspecified atom stereocenters. The van der Waals surface area contributed by atoms with Crippen LogP contribution in [0.3, 0.4) is 0 Å². The molecule has 5 nitrogen and oxygen atoms in total. The normalized spacial score (nSPS) is 30.8. The zero-order valence-corrected chi connectivity index (χ0v) is 10.7. The molecule has 2 fully saturated rings. The van der Waals surface area contributed by atoms with E-state index in [1.54, 1.807) is 13.8 Å². The summed E-state index contributed by atoms with van der Waals surface area (Å²) >= 11 is 0. The van der Waals surface area contributed by atoms with Gasteiger partial charge in [-0.15, -0.1) is 0 Å². The summed E-state index contributed by atoms with van der Waals surface area (Å²) in [5.74, 6) is 0.827. The third-order valence-corrected chi connectivity index (χ3v) is 4.04. The second kappa shape index (κ2) is 4.09. The van der Waals surface area contributed by atoms with Gasteiger partial charge in [0.05, 0.1) is 11.8 Å². The van der Waals surface area contributed by atoms with Crippen LogP contribution in [0.2, 0.25) is 0 Å². The van der Waals surface area contributed by atoms with Gasteiger partial charge in [0.15, 0.2) is 5.89 Å². The summed E-state index contributed by atoms with van der Waals surface area (Å²) in [7, 11) is 0. The molecule has 5 heteroatoms. The van der Waals surface area contributed by atoms with Crippen LogP contribution < -0.4 is 0 Å². The summed E-state index contributed by atoms with van der Waals surface area (Å²) in [6.07, 6.45) is 3.09. The van der Waals surface area contributed by atoms with Crippen LogP contribution in [0.1, 0.15) is 47.8 Å². The Hall–Kier alpha value is -1.36. The van der Waals surface area contributed by atoms with E-state index in [0.29, 0.717) is 30.2 Å². The SMILES string of the molecule is Cc1nc(C)c(C(=O)N2C3CCC2CC(O)C3)o1. The van der Waals surface area contributed by atoms with Crippen molar-refractivity contribution in [2.45, 2.75) is 57.7 Å². The number of amides is 1. The smallest absolute Gasteiger partial charge is 0.292 e. The Kier molecular flexibility index (Phi) is 2.66. The van der Waals surface area contributed by atoms with E-state index in [1.165, 1.54) is 0 Å². The number of nitrogens with zero attached hydrogens (tertiary/aromatic N) is 2. The first-order valence-corrected chi connectivity index (χ1v) is 6.51. The van der Waals surface area contributed by atoms with Gasteiger partial charge < -0.3 is 14.4 Å². The van der Waals surface area contributed by atoms with E-state index < -0.39 is 0 Å². The molecule has 0 saturated carbocycles. The first-order chi connectivity index (χ1) is 8.56. The van der Waals surface area contributed by atoms with E-state index in [0.717, 1.165) is 12.8 Å². The molecule has 2 aliphatic rings. The van der Waals surface area contributed by atoms with Crippen molar-refractivity contribution in [2.24, 2.45) is 0 Å². The molecule has 3 rings (SSSR count). The average molecular weight is 250 g/mol. The van der Waals surface area contributed by atoms with Gasteiger partial charge >= 0.3 is 0 Å². The van der Waals surface area contributed by atoms with E-state index >= 15 is 0 Å². The van der Waals surface area contributed by atoms with Gasteiger partial charge in [-0.2, -0.15) is 0 Å². The summed E-state index contributed by atoms with van der Waals surface area (Å²) in [6.45, 7) is 3.54. The van der Waals surface area contributed by atoms with Crippen LogP contribution in [0.4, 0.5) is 0 Å². The monoisotopic (exact) mass is 250 g/mol. The Balaban J connectivity index is 1.88. The Bertz CT molecular complexity index is 469. The van der Waals surface area contributed by atoms with E-state index in [-0.39, 0.29) is 24.1 Å². The number of fused-ring (bicyclic) bond motifs is 2. The minimum Gasteiger partial charge on any atom is -0.436 e. The molecule has 2 atom stereocenters. The zero-order valence-electron chi connectivity index (χ0n) is 10.7. The second-order valence-corrected chi connectivity index (χ2v) is 5.37. The standard InChI is InChI=1S/C13H18N2O3/c1-7-12(18-8(2)14-7)13(17)15-9-3-4-10(15)6-11(16)5-9/h9-11,16H,3-6H2,1-2H3. The van der Waals surface area contributed by atoms with E-state index in [2.05, 4.69) is 4.98 Å². The van der Waals surface area contributed by atoms with Gasteiger partial charge in [-0.05, 0) is 32.6 Å². The lowest BCUT2D eigenvalue weighted by Gasteiger charge is -2.36. The Morgan fingerprint density at radius 1 is 1.33 bits per heavy atom. The number of carbonyl (C=O) groups is 1. The highest BCUT2D eigenvalue weighted by molar-refractivity contribution is 5.93. The minimum atomic E-state index is -0.260. The Morgan fingerprint density at radius 2 is 1.94 bits per heavy atom. The van der Waals surface area contributed by atoms with Crippen molar-refractivity contribution < 1.29 is 14.3 Å². The molecule has 0 aromatic carbocycles. The molecule has 2 aliphatic heterocycles. The summed E-state index contributed by atoms with van der Waals surface area (Å²) in [5, 5.41) is 9.75. The van der Waals surface area contributed by atoms with Crippen molar-refractivity contribution >= 4 is 5.91 Å². The van der Waals surface area contributed by atoms with Crippen LogP contribution >= 0.6 is 0 Å². The second-order valence-electron chi connectivity index (χ2n) is 5.37. The van der Waals surface area contributed by atoms with Gasteiger partial charge in [0.1, 0.15) is 0 Å². The first-order valence-electron chi connectivity index (χ1n) is 6.51. The number of aliphatic hydroxyl groups excluding tert-OH is 1. The van der Waals surface area contributed by atoms with Gasteiger partial charge in [0, 0.05) is 19.0 Å². The highest BCUT2D eigenvalue weighted by Crippen LogP contribution is 2.37. The predicted octanol–water partition coefficient (Wildman–Crippen LogP) is 1.42. The summed E-state index contributed by atoms with van der Waals surface area (Å²) < 4.78 is 5.42. The molecule has 0 spiro atoms. The molecule has 0 aliphatic carbocycles. The van der Waals surface area contributed by atoms with E-state index in [4.69, 9.17) is 4.42 Å². The van der Waals surface area contributed by atoms with Crippen molar-refractivity contribution in [3.05, 3.63) is 17.3 Å². The maximum atomic E-state index is 12.5. The summed E-state index contributed by atoms with van der Waals surface area (Å²) in [6, 6.07) is 0.326. The highest BCUT2D eigenvalue weighted by Gasteiger charge is 2.44. The van der Waals surface area contributed by atoms with Gasteiger partial charge in [-0.1, -0.05) is 0 Å². The number of oxazole rings is 1. The van der Waals surface area contributed by atoms with Crippen molar-refractivity contribution in [3.63, 3.8) is 0 Å². The summed E-state index contributed by atoms with van der Waals surface area (Å²) in [5.41, 5.74) is 0.656. The van der Waals surface area contributed by atoms with Gasteiger partial charge in [-0.3, -0.25) is 4.79 Å². The molecule has 0 radical (unpaired) electrons. The first kappa shape index (κ1) is 11.7. The molecule has 1 amide bonds. The van der Waals surface area contributed by atoms with Crippen LogP contribution in [0.15, 0.2) is 4.42 Å². The molecule has 2 saturated heterocycles. The fourth-order valence-corrected chi connectivity index (χ4v) is 3.33. The van der Waals surface area contributed by atoms with Crippen LogP contribution in [0.25, 0.3) is 0 Å². The number of aromatic nitrogens is 1. The summed E-state index contributed by atoms with van der Waals surface area (Å²) in [4.78, 5) is 18.6. The van der Waals surface area contributed by atoms with Crippen LogP contribution in [-0.2, 0) is 0 Å². The quantitative estimate of drug-likeness (QED) is 0.818. The fraction of sp³-hybridized carbons (Fsp3) is 0.692. The highest BCUT2D eigenvalue weighted by atomic mass is 16.4. The van der Waals surface area contributed by atoms with Crippen molar-refractivity contribution in [1.82, 2.24) is 9.88 Å². The molecule has 1 aromatic heterocycles. The number of aliphatic hydroxyl groups is 1. The van der Waals surface area contributed by atoms with Crippen molar-refractivity contribution in [2.75, 3.05) is 0 Å². The molecule has 2 bridgehead atoms. The zero-order chi connectivity index (χ0) is 12.9. The lowest BCUT2D eigenvalue weighted by atomic mass is 9.99. The molecular formula is C13H18N2O3. The number of rotatable bonds is 1. The number of piperidine rings is 1. The lowest BCUT2D eigenvalue weighted by Crippen LogP contribution is -2.48. The number of carbonyl (C=O) groups excluding carboxylic acids is 1.